The Balaban J connectivity index is 1.82. The molecular weight excluding hydrogens is 477 g/mol. The number of urea groups is 1. The van der Waals surface area contributed by atoms with E-state index in [-0.39, 0.29) is 29.1 Å². The summed E-state index contributed by atoms with van der Waals surface area (Å²) in [6, 6.07) is 4.44. The lowest BCUT2D eigenvalue weighted by Gasteiger charge is -2.18. The van der Waals surface area contributed by atoms with E-state index < -0.39 is 17.8 Å². The number of hydrogen-bond acceptors (Lipinski definition) is 6. The van der Waals surface area contributed by atoms with E-state index in [0.717, 1.165) is 6.07 Å². The van der Waals surface area contributed by atoms with Crippen molar-refractivity contribution < 1.29 is 22.7 Å². The normalized spacial score (nSPS) is 11.5. The number of pyridine rings is 1. The second-order valence-corrected chi connectivity index (χ2v) is 8.29. The van der Waals surface area contributed by atoms with Crippen molar-refractivity contribution >= 4 is 17.4 Å². The number of alkyl halides is 3. The summed E-state index contributed by atoms with van der Waals surface area (Å²) in [6.07, 6.45) is -3.11. The zero-order valence-corrected chi connectivity index (χ0v) is 20.5. The molecule has 3 aromatic rings. The van der Waals surface area contributed by atoms with Crippen molar-refractivity contribution in [1.82, 2.24) is 19.9 Å². The molecule has 0 radical (unpaired) electrons. The lowest BCUT2D eigenvalue weighted by molar-refractivity contribution is -0.138. The van der Waals surface area contributed by atoms with Crippen molar-refractivity contribution in [3.8, 4) is 17.1 Å². The predicted octanol–water partition coefficient (Wildman–Crippen LogP) is 4.57. The van der Waals surface area contributed by atoms with E-state index in [1.54, 1.807) is 39.8 Å². The number of carbonyl (C=O) groups is 1. The second-order valence-electron chi connectivity index (χ2n) is 8.29. The number of benzene rings is 1. The van der Waals surface area contributed by atoms with Gasteiger partial charge in [0.25, 0.3) is 5.56 Å². The minimum absolute atomic E-state index is 0.00753. The quantitative estimate of drug-likeness (QED) is 0.435. The SMILES string of the molecule is CCOc1cc(-c2nc(C)c(NC(=O)Nc3ccc(CN(C)C)c(C(F)(F)F)c3)c(C)n2)c[nH]c1=O. The van der Waals surface area contributed by atoms with Crippen LogP contribution in [0.15, 0.2) is 35.3 Å². The van der Waals surface area contributed by atoms with Gasteiger partial charge in [0.05, 0.1) is 29.2 Å². The first-order valence-electron chi connectivity index (χ1n) is 11.0. The van der Waals surface area contributed by atoms with E-state index in [2.05, 4.69) is 25.6 Å². The van der Waals surface area contributed by atoms with Gasteiger partial charge in [0.2, 0.25) is 0 Å². The summed E-state index contributed by atoms with van der Waals surface area (Å²) in [6.45, 7) is 5.48. The molecule has 0 fully saturated rings. The zero-order chi connectivity index (χ0) is 26.6. The number of aryl methyl sites for hydroxylation is 2. The first-order chi connectivity index (χ1) is 16.9. The fourth-order valence-electron chi connectivity index (χ4n) is 3.55. The molecule has 2 aromatic heterocycles. The minimum atomic E-state index is -4.57. The highest BCUT2D eigenvalue weighted by Gasteiger charge is 2.33. The van der Waals surface area contributed by atoms with Crippen LogP contribution in [0.25, 0.3) is 11.4 Å². The molecule has 0 aliphatic carbocycles. The van der Waals surface area contributed by atoms with Crippen LogP contribution in [-0.2, 0) is 12.7 Å². The van der Waals surface area contributed by atoms with Crippen molar-refractivity contribution in [2.24, 2.45) is 0 Å². The molecular formula is C24H27F3N6O3. The molecule has 0 aliphatic heterocycles. The van der Waals surface area contributed by atoms with E-state index in [1.165, 1.54) is 24.4 Å². The summed E-state index contributed by atoms with van der Waals surface area (Å²) < 4.78 is 45.9. The summed E-state index contributed by atoms with van der Waals surface area (Å²) in [5, 5.41) is 5.04. The van der Waals surface area contributed by atoms with Crippen molar-refractivity contribution in [3.63, 3.8) is 0 Å². The van der Waals surface area contributed by atoms with E-state index in [0.29, 0.717) is 35.1 Å². The number of amides is 2. The maximum atomic E-state index is 13.5. The maximum absolute atomic E-state index is 13.5. The molecule has 12 heteroatoms. The number of hydrogen-bond donors (Lipinski definition) is 3. The lowest BCUT2D eigenvalue weighted by atomic mass is 10.1. The van der Waals surface area contributed by atoms with E-state index in [4.69, 9.17) is 4.74 Å². The Hall–Kier alpha value is -3.93. The number of halogens is 3. The van der Waals surface area contributed by atoms with E-state index >= 15 is 0 Å². The van der Waals surface area contributed by atoms with Crippen LogP contribution in [0.2, 0.25) is 0 Å². The Labute approximate surface area is 205 Å². The van der Waals surface area contributed by atoms with Crippen molar-refractivity contribution in [1.29, 1.82) is 0 Å². The standard InChI is InChI=1S/C24H27F3N6O3/c1-6-36-19-9-16(11-28-22(19)34)21-29-13(2)20(14(3)30-21)32-23(35)31-17-8-7-15(12-33(4)5)18(10-17)24(25,26)27/h7-11H,6,12H2,1-5H3,(H,28,34)(H2,31,32,35). The molecule has 0 spiro atoms. The summed E-state index contributed by atoms with van der Waals surface area (Å²) in [5.74, 6) is 0.435. The molecule has 0 saturated carbocycles. The number of carbonyl (C=O) groups excluding carboxylic acids is 1. The van der Waals surface area contributed by atoms with Crippen LogP contribution >= 0.6 is 0 Å². The molecule has 36 heavy (non-hydrogen) atoms. The summed E-state index contributed by atoms with van der Waals surface area (Å²) >= 11 is 0. The van der Waals surface area contributed by atoms with Gasteiger partial charge in [0.15, 0.2) is 11.6 Å². The number of aromatic amines is 1. The Morgan fingerprint density at radius 1 is 1.11 bits per heavy atom. The molecule has 3 N–H and O–H groups in total. The molecule has 2 amide bonds. The number of rotatable bonds is 7. The van der Waals surface area contributed by atoms with Gasteiger partial charge in [-0.3, -0.25) is 4.79 Å². The van der Waals surface area contributed by atoms with Crippen LogP contribution in [0.5, 0.6) is 5.75 Å². The summed E-state index contributed by atoms with van der Waals surface area (Å²) in [5.41, 5.74) is 0.566. The lowest BCUT2D eigenvalue weighted by Crippen LogP contribution is -2.22. The average Bonchev–Trinajstić information content (AvgIpc) is 2.77. The Morgan fingerprint density at radius 2 is 1.78 bits per heavy atom. The number of aromatic nitrogens is 3. The highest BCUT2D eigenvalue weighted by molar-refractivity contribution is 6.00. The molecule has 9 nitrogen and oxygen atoms in total. The van der Waals surface area contributed by atoms with Crippen LogP contribution in [0.4, 0.5) is 29.3 Å². The van der Waals surface area contributed by atoms with Gasteiger partial charge < -0.3 is 25.3 Å². The van der Waals surface area contributed by atoms with Gasteiger partial charge >= 0.3 is 12.2 Å². The smallest absolute Gasteiger partial charge is 0.416 e. The average molecular weight is 505 g/mol. The molecule has 0 saturated heterocycles. The molecule has 0 unspecified atom stereocenters. The second kappa shape index (κ2) is 10.8. The highest BCUT2D eigenvalue weighted by Crippen LogP contribution is 2.34. The first-order valence-corrected chi connectivity index (χ1v) is 11.0. The fraction of sp³-hybridized carbons (Fsp3) is 0.333. The third-order valence-corrected chi connectivity index (χ3v) is 5.10. The molecule has 0 atom stereocenters. The predicted molar refractivity (Wildman–Crippen MR) is 130 cm³/mol. The first kappa shape index (κ1) is 26.7. The van der Waals surface area contributed by atoms with Gasteiger partial charge in [-0.2, -0.15) is 13.2 Å². The van der Waals surface area contributed by atoms with Gasteiger partial charge in [-0.25, -0.2) is 14.8 Å². The Morgan fingerprint density at radius 3 is 2.36 bits per heavy atom. The number of ether oxygens (including phenoxy) is 1. The fourth-order valence-corrected chi connectivity index (χ4v) is 3.55. The van der Waals surface area contributed by atoms with Crippen molar-refractivity contribution in [2.45, 2.75) is 33.5 Å². The van der Waals surface area contributed by atoms with Gasteiger partial charge in [-0.15, -0.1) is 0 Å². The Kier molecular flexibility index (Phi) is 7.98. The third kappa shape index (κ3) is 6.39. The van der Waals surface area contributed by atoms with Gasteiger partial charge in [-0.05, 0) is 58.6 Å². The topological polar surface area (TPSA) is 112 Å². The third-order valence-electron chi connectivity index (χ3n) is 5.10. The number of nitrogens with one attached hydrogen (secondary N) is 3. The number of anilines is 2. The molecule has 0 bridgehead atoms. The van der Waals surface area contributed by atoms with Gasteiger partial charge in [-0.1, -0.05) is 6.07 Å². The molecule has 0 aliphatic rings. The Bertz CT molecular complexity index is 1300. The molecule has 1 aromatic carbocycles. The molecule has 2 heterocycles. The highest BCUT2D eigenvalue weighted by atomic mass is 19.4. The van der Waals surface area contributed by atoms with Crippen molar-refractivity contribution in [3.05, 3.63) is 63.3 Å². The summed E-state index contributed by atoms with van der Waals surface area (Å²) in [4.78, 5) is 37.4. The van der Waals surface area contributed by atoms with Crippen LogP contribution in [-0.4, -0.2) is 46.6 Å². The molecule has 192 valence electrons. The number of H-pyrrole nitrogens is 1. The van der Waals surface area contributed by atoms with Crippen LogP contribution in [0, 0.1) is 13.8 Å². The monoisotopic (exact) mass is 504 g/mol. The summed E-state index contributed by atoms with van der Waals surface area (Å²) in [7, 11) is 3.35. The van der Waals surface area contributed by atoms with Crippen LogP contribution < -0.4 is 20.9 Å². The zero-order valence-electron chi connectivity index (χ0n) is 20.5. The molecule has 3 rings (SSSR count). The van der Waals surface area contributed by atoms with Crippen LogP contribution in [0.3, 0.4) is 0 Å². The van der Waals surface area contributed by atoms with Gasteiger partial charge in [0, 0.05) is 24.0 Å². The maximum Gasteiger partial charge on any atom is 0.416 e. The minimum Gasteiger partial charge on any atom is -0.488 e. The number of nitrogens with zero attached hydrogens (tertiary/aromatic N) is 3. The largest absolute Gasteiger partial charge is 0.488 e. The van der Waals surface area contributed by atoms with Crippen LogP contribution in [0.1, 0.15) is 29.4 Å². The van der Waals surface area contributed by atoms with E-state index in [1.807, 2.05) is 0 Å². The van der Waals surface area contributed by atoms with Crippen molar-refractivity contribution in [2.75, 3.05) is 31.3 Å². The van der Waals surface area contributed by atoms with E-state index in [9.17, 15) is 22.8 Å². The van der Waals surface area contributed by atoms with Gasteiger partial charge in [0.1, 0.15) is 0 Å².